The van der Waals surface area contributed by atoms with Crippen molar-refractivity contribution in [3.63, 3.8) is 0 Å². The summed E-state index contributed by atoms with van der Waals surface area (Å²) in [7, 11) is 0. The van der Waals surface area contributed by atoms with Gasteiger partial charge in [0.25, 0.3) is 5.69 Å². The first-order valence-corrected chi connectivity index (χ1v) is 8.93. The highest BCUT2D eigenvalue weighted by atomic mass is 16.6. The Morgan fingerprint density at radius 1 is 1.50 bits per heavy atom. The minimum absolute atomic E-state index is 0.0456. The van der Waals surface area contributed by atoms with Gasteiger partial charge in [0.05, 0.1) is 30.8 Å². The predicted octanol–water partition coefficient (Wildman–Crippen LogP) is 1.48. The Kier molecular flexibility index (Phi) is 5.85. The number of ether oxygens (including phenoxy) is 2. The third kappa shape index (κ3) is 4.57. The Balaban J connectivity index is 1.50. The zero-order valence-corrected chi connectivity index (χ0v) is 15.0. The van der Waals surface area contributed by atoms with Gasteiger partial charge in [-0.3, -0.25) is 14.9 Å². The van der Waals surface area contributed by atoms with Gasteiger partial charge < -0.3 is 19.7 Å². The van der Waals surface area contributed by atoms with E-state index in [4.69, 9.17) is 9.47 Å². The summed E-state index contributed by atoms with van der Waals surface area (Å²) >= 11 is 0. The second-order valence-corrected chi connectivity index (χ2v) is 7.01. The highest BCUT2D eigenvalue weighted by molar-refractivity contribution is 5.73. The van der Waals surface area contributed by atoms with Crippen LogP contribution in [0.15, 0.2) is 24.3 Å². The topological polar surface area (TPSA) is 93.9 Å². The molecule has 0 bridgehead atoms. The minimum atomic E-state index is -0.417. The molecule has 1 aromatic carbocycles. The van der Waals surface area contributed by atoms with Gasteiger partial charge in [-0.15, -0.1) is 0 Å². The number of benzene rings is 1. The summed E-state index contributed by atoms with van der Waals surface area (Å²) in [5, 5.41) is 14.1. The van der Waals surface area contributed by atoms with Crippen LogP contribution in [-0.2, 0) is 20.8 Å². The van der Waals surface area contributed by atoms with E-state index in [1.54, 1.807) is 24.0 Å². The largest absolute Gasteiger partial charge is 0.377 e. The maximum absolute atomic E-state index is 11.7. The van der Waals surface area contributed by atoms with Crippen LogP contribution in [0.2, 0.25) is 0 Å². The van der Waals surface area contributed by atoms with Crippen molar-refractivity contribution in [3.8, 4) is 0 Å². The lowest BCUT2D eigenvalue weighted by atomic mass is 10.00. The van der Waals surface area contributed by atoms with E-state index in [9.17, 15) is 14.9 Å². The van der Waals surface area contributed by atoms with E-state index in [-0.39, 0.29) is 22.6 Å². The number of nitrogens with zero attached hydrogens (tertiary/aromatic N) is 2. The van der Waals surface area contributed by atoms with Crippen molar-refractivity contribution in [2.75, 3.05) is 32.8 Å². The van der Waals surface area contributed by atoms with Crippen LogP contribution < -0.4 is 5.32 Å². The second kappa shape index (κ2) is 8.11. The first kappa shape index (κ1) is 18.8. The first-order valence-electron chi connectivity index (χ1n) is 8.93. The molecule has 8 heteroatoms. The van der Waals surface area contributed by atoms with Crippen molar-refractivity contribution in [1.29, 1.82) is 0 Å². The molecule has 1 spiro atoms. The van der Waals surface area contributed by atoms with Crippen LogP contribution >= 0.6 is 0 Å². The number of nitro benzene ring substituents is 1. The zero-order valence-electron chi connectivity index (χ0n) is 15.0. The molecule has 2 fully saturated rings. The van der Waals surface area contributed by atoms with Crippen LogP contribution in [0.5, 0.6) is 0 Å². The van der Waals surface area contributed by atoms with E-state index < -0.39 is 5.60 Å². The number of nitro groups is 1. The van der Waals surface area contributed by atoms with Gasteiger partial charge in [-0.2, -0.15) is 0 Å². The summed E-state index contributed by atoms with van der Waals surface area (Å²) in [5.74, 6) is 0.0470. The number of rotatable bonds is 5. The number of carbonyl (C=O) groups excluding carboxylic acids is 1. The van der Waals surface area contributed by atoms with Crippen molar-refractivity contribution in [2.45, 2.75) is 38.0 Å². The van der Waals surface area contributed by atoms with E-state index in [0.717, 1.165) is 18.4 Å². The molecule has 2 heterocycles. The number of non-ortho nitro benzene ring substituents is 1. The van der Waals surface area contributed by atoms with Crippen molar-refractivity contribution in [2.24, 2.45) is 0 Å². The van der Waals surface area contributed by atoms with E-state index in [2.05, 4.69) is 5.32 Å². The normalized spacial score (nSPS) is 26.0. The van der Waals surface area contributed by atoms with Gasteiger partial charge in [-0.05, 0) is 18.4 Å². The first-order chi connectivity index (χ1) is 12.5. The quantitative estimate of drug-likeness (QED) is 0.629. The summed E-state index contributed by atoms with van der Waals surface area (Å²) in [6.45, 7) is 5.01. The smallest absolute Gasteiger partial charge is 0.269 e. The van der Waals surface area contributed by atoms with Gasteiger partial charge in [-0.1, -0.05) is 12.1 Å². The highest BCUT2D eigenvalue weighted by Crippen LogP contribution is 2.32. The number of hydrogen-bond donors (Lipinski definition) is 1. The van der Waals surface area contributed by atoms with Gasteiger partial charge in [-0.25, -0.2) is 0 Å². The maximum atomic E-state index is 11.7. The van der Waals surface area contributed by atoms with Crippen LogP contribution in [0, 0.1) is 10.1 Å². The van der Waals surface area contributed by atoms with Gasteiger partial charge in [0.1, 0.15) is 5.60 Å². The fraction of sp³-hybridized carbons (Fsp3) is 0.611. The lowest BCUT2D eigenvalue weighted by Gasteiger charge is -2.31. The average molecular weight is 363 g/mol. The average Bonchev–Trinajstić information content (AvgIpc) is 2.87. The molecular formula is C18H25N3O5. The molecule has 26 heavy (non-hydrogen) atoms. The molecule has 0 aromatic heterocycles. The molecule has 2 aliphatic heterocycles. The summed E-state index contributed by atoms with van der Waals surface area (Å²) in [6.07, 6.45) is 1.81. The van der Waals surface area contributed by atoms with Gasteiger partial charge >= 0.3 is 0 Å². The molecule has 3 rings (SSSR count). The molecule has 2 saturated heterocycles. The van der Waals surface area contributed by atoms with Crippen LogP contribution in [0.3, 0.4) is 0 Å². The lowest BCUT2D eigenvalue weighted by molar-refractivity contribution is -0.384. The van der Waals surface area contributed by atoms with Gasteiger partial charge in [0.15, 0.2) is 0 Å². The Hall–Kier alpha value is -2.03. The Bertz CT molecular complexity index is 668. The minimum Gasteiger partial charge on any atom is -0.377 e. The van der Waals surface area contributed by atoms with Crippen molar-refractivity contribution in [3.05, 3.63) is 39.9 Å². The van der Waals surface area contributed by atoms with Crippen molar-refractivity contribution in [1.82, 2.24) is 10.2 Å². The molecular weight excluding hydrogens is 338 g/mol. The van der Waals surface area contributed by atoms with Crippen LogP contribution in [0.25, 0.3) is 0 Å². The van der Waals surface area contributed by atoms with Gasteiger partial charge in [0.2, 0.25) is 5.91 Å². The van der Waals surface area contributed by atoms with Crippen LogP contribution in [0.4, 0.5) is 5.69 Å². The molecule has 0 radical (unpaired) electrons. The lowest BCUT2D eigenvalue weighted by Crippen LogP contribution is -2.46. The van der Waals surface area contributed by atoms with Gasteiger partial charge in [0, 0.05) is 38.7 Å². The molecule has 1 aromatic rings. The fourth-order valence-corrected chi connectivity index (χ4v) is 3.59. The van der Waals surface area contributed by atoms with Crippen LogP contribution in [0.1, 0.15) is 25.3 Å². The second-order valence-electron chi connectivity index (χ2n) is 7.01. The molecule has 142 valence electrons. The molecule has 1 N–H and O–H groups in total. The summed E-state index contributed by atoms with van der Waals surface area (Å²) in [6, 6.07) is 6.62. The summed E-state index contributed by atoms with van der Waals surface area (Å²) in [5.41, 5.74) is 0.549. The maximum Gasteiger partial charge on any atom is 0.269 e. The number of nitrogens with one attached hydrogen (secondary N) is 1. The van der Waals surface area contributed by atoms with Crippen molar-refractivity contribution >= 4 is 11.6 Å². The van der Waals surface area contributed by atoms with E-state index in [0.29, 0.717) is 39.4 Å². The zero-order chi connectivity index (χ0) is 18.6. The number of carbonyl (C=O) groups is 1. The van der Waals surface area contributed by atoms with Crippen molar-refractivity contribution < 1.29 is 19.2 Å². The Labute approximate surface area is 152 Å². The summed E-state index contributed by atoms with van der Waals surface area (Å²) in [4.78, 5) is 24.0. The Morgan fingerprint density at radius 2 is 2.35 bits per heavy atom. The molecule has 0 saturated carbocycles. The van der Waals surface area contributed by atoms with Crippen LogP contribution in [-0.4, -0.2) is 60.3 Å². The fourth-order valence-electron chi connectivity index (χ4n) is 3.59. The third-order valence-electron chi connectivity index (χ3n) is 4.96. The molecule has 1 amide bonds. The molecule has 8 nitrogen and oxygen atoms in total. The van der Waals surface area contributed by atoms with E-state index >= 15 is 0 Å². The SMILES string of the molecule is CC(=O)N1CCOC[C@]2(CC[C@H](CNCc3cccc([N+](=O)[O-])c3)O2)C1. The molecule has 0 unspecified atom stereocenters. The number of hydrogen-bond acceptors (Lipinski definition) is 6. The monoisotopic (exact) mass is 363 g/mol. The van der Waals surface area contributed by atoms with E-state index in [1.807, 2.05) is 6.07 Å². The highest BCUT2D eigenvalue weighted by Gasteiger charge is 2.43. The molecule has 2 atom stereocenters. The standard InChI is InChI=1S/C18H25N3O5/c1-14(22)20-7-8-25-13-18(12-20)6-5-17(26-18)11-19-10-15-3-2-4-16(9-15)21(23)24/h2-4,9,17,19H,5-8,10-13H2,1H3/t17-,18+/m1/s1. The predicted molar refractivity (Wildman–Crippen MR) is 94.7 cm³/mol. The summed E-state index contributed by atoms with van der Waals surface area (Å²) < 4.78 is 11.9. The number of amides is 1. The Morgan fingerprint density at radius 3 is 3.12 bits per heavy atom. The van der Waals surface area contributed by atoms with E-state index in [1.165, 1.54) is 6.07 Å². The third-order valence-corrected chi connectivity index (χ3v) is 4.96. The molecule has 0 aliphatic carbocycles. The molecule has 2 aliphatic rings.